The van der Waals surface area contributed by atoms with Crippen LogP contribution < -0.4 is 5.43 Å². The average molecular weight is 241 g/mol. The fourth-order valence-corrected chi connectivity index (χ4v) is 3.04. The van der Waals surface area contributed by atoms with Crippen LogP contribution >= 0.6 is 0 Å². The van der Waals surface area contributed by atoms with Gasteiger partial charge in [0.15, 0.2) is 0 Å². The van der Waals surface area contributed by atoms with E-state index in [4.69, 9.17) is 0 Å². The molecule has 0 bridgehead atoms. The molecule has 1 aliphatic heterocycles. The van der Waals surface area contributed by atoms with Gasteiger partial charge in [-0.1, -0.05) is 20.8 Å². The van der Waals surface area contributed by atoms with Gasteiger partial charge in [0, 0.05) is 38.3 Å². The topological polar surface area (TPSA) is 18.5 Å². The standard InChI is InChI=1S/C14H31N3/c1-8-12(4)17-13(10-15-16(6)7)9-14(17,5)11(2)3/h11-13,15H,8-10H2,1-7H3. The van der Waals surface area contributed by atoms with Crippen molar-refractivity contribution in [3.8, 4) is 0 Å². The molecule has 0 amide bonds. The fourth-order valence-electron chi connectivity index (χ4n) is 3.04. The summed E-state index contributed by atoms with van der Waals surface area (Å²) in [7, 11) is 4.13. The molecule has 0 saturated carbocycles. The number of hydrogen-bond donors (Lipinski definition) is 1. The summed E-state index contributed by atoms with van der Waals surface area (Å²) in [6, 6.07) is 1.38. The summed E-state index contributed by atoms with van der Waals surface area (Å²) in [4.78, 5) is 2.73. The van der Waals surface area contributed by atoms with Gasteiger partial charge in [0.1, 0.15) is 0 Å². The Kier molecular flexibility index (Phi) is 4.99. The smallest absolute Gasteiger partial charge is 0.0260 e. The molecule has 0 aromatic heterocycles. The van der Waals surface area contributed by atoms with Gasteiger partial charge in [0.2, 0.25) is 0 Å². The van der Waals surface area contributed by atoms with Crippen LogP contribution in [0.25, 0.3) is 0 Å². The van der Waals surface area contributed by atoms with E-state index in [9.17, 15) is 0 Å². The molecular weight excluding hydrogens is 210 g/mol. The number of likely N-dealkylation sites (tertiary alicyclic amines) is 1. The second-order valence-electron chi connectivity index (χ2n) is 6.29. The van der Waals surface area contributed by atoms with E-state index in [-0.39, 0.29) is 0 Å². The predicted molar refractivity (Wildman–Crippen MR) is 74.9 cm³/mol. The summed E-state index contributed by atoms with van der Waals surface area (Å²) >= 11 is 0. The highest BCUT2D eigenvalue weighted by Crippen LogP contribution is 2.43. The van der Waals surface area contributed by atoms with Gasteiger partial charge in [-0.05, 0) is 32.6 Å². The van der Waals surface area contributed by atoms with Gasteiger partial charge in [0.25, 0.3) is 0 Å². The highest BCUT2D eigenvalue weighted by molar-refractivity contribution is 5.06. The van der Waals surface area contributed by atoms with E-state index >= 15 is 0 Å². The number of nitrogens with one attached hydrogen (secondary N) is 1. The molecule has 17 heavy (non-hydrogen) atoms. The van der Waals surface area contributed by atoms with E-state index in [1.165, 1.54) is 12.8 Å². The van der Waals surface area contributed by atoms with E-state index in [0.29, 0.717) is 17.6 Å². The molecule has 1 saturated heterocycles. The van der Waals surface area contributed by atoms with Crippen LogP contribution in [0.5, 0.6) is 0 Å². The predicted octanol–water partition coefficient (Wildman–Crippen LogP) is 2.34. The summed E-state index contributed by atoms with van der Waals surface area (Å²) in [5.74, 6) is 0.729. The maximum absolute atomic E-state index is 3.42. The van der Waals surface area contributed by atoms with Crippen LogP contribution in [-0.4, -0.2) is 48.2 Å². The van der Waals surface area contributed by atoms with Crippen molar-refractivity contribution >= 4 is 0 Å². The average Bonchev–Trinajstić information content (AvgIpc) is 2.22. The normalized spacial score (nSPS) is 31.9. The Hall–Kier alpha value is -0.120. The SMILES string of the molecule is CCC(C)N1C(CNN(C)C)CC1(C)C(C)C. The molecule has 0 aromatic carbocycles. The van der Waals surface area contributed by atoms with Crippen molar-refractivity contribution in [3.05, 3.63) is 0 Å². The molecule has 3 nitrogen and oxygen atoms in total. The fraction of sp³-hybridized carbons (Fsp3) is 1.00. The number of nitrogens with zero attached hydrogens (tertiary/aromatic N) is 2. The van der Waals surface area contributed by atoms with Crippen molar-refractivity contribution in [2.75, 3.05) is 20.6 Å². The first-order valence-electron chi connectivity index (χ1n) is 7.02. The summed E-state index contributed by atoms with van der Waals surface area (Å²) in [5.41, 5.74) is 3.82. The number of hydrazine groups is 1. The molecule has 0 aliphatic carbocycles. The molecule has 1 N–H and O–H groups in total. The molecule has 1 rings (SSSR count). The Labute approximate surface area is 108 Å². The molecule has 0 spiro atoms. The third-order valence-electron chi connectivity index (χ3n) is 4.58. The molecule has 1 aliphatic rings. The molecule has 0 radical (unpaired) electrons. The third-order valence-corrected chi connectivity index (χ3v) is 4.58. The summed E-state index contributed by atoms with van der Waals surface area (Å²) < 4.78 is 0. The molecule has 0 aromatic rings. The van der Waals surface area contributed by atoms with Crippen molar-refractivity contribution in [2.45, 2.75) is 65.1 Å². The maximum Gasteiger partial charge on any atom is 0.0260 e. The van der Waals surface area contributed by atoms with Crippen LogP contribution in [0.3, 0.4) is 0 Å². The van der Waals surface area contributed by atoms with E-state index < -0.39 is 0 Å². The lowest BCUT2D eigenvalue weighted by Crippen LogP contribution is -2.71. The van der Waals surface area contributed by atoms with E-state index in [1.54, 1.807) is 0 Å². The van der Waals surface area contributed by atoms with Crippen molar-refractivity contribution in [3.63, 3.8) is 0 Å². The van der Waals surface area contributed by atoms with Gasteiger partial charge >= 0.3 is 0 Å². The van der Waals surface area contributed by atoms with E-state index in [1.807, 2.05) is 0 Å². The second kappa shape index (κ2) is 5.68. The lowest BCUT2D eigenvalue weighted by molar-refractivity contribution is -0.119. The zero-order valence-corrected chi connectivity index (χ0v) is 12.7. The second-order valence-corrected chi connectivity index (χ2v) is 6.29. The largest absolute Gasteiger partial charge is 0.291 e. The number of hydrogen-bond acceptors (Lipinski definition) is 3. The Morgan fingerprint density at radius 1 is 1.35 bits per heavy atom. The van der Waals surface area contributed by atoms with Crippen LogP contribution in [0.2, 0.25) is 0 Å². The highest BCUT2D eigenvalue weighted by atomic mass is 15.5. The quantitative estimate of drug-likeness (QED) is 0.720. The van der Waals surface area contributed by atoms with E-state index in [0.717, 1.165) is 12.5 Å². The molecule has 3 atom stereocenters. The zero-order chi connectivity index (χ0) is 13.2. The van der Waals surface area contributed by atoms with Gasteiger partial charge in [-0.15, -0.1) is 0 Å². The van der Waals surface area contributed by atoms with Gasteiger partial charge in [-0.3, -0.25) is 15.3 Å². The summed E-state index contributed by atoms with van der Waals surface area (Å²) in [6.07, 6.45) is 2.55. The van der Waals surface area contributed by atoms with Gasteiger partial charge < -0.3 is 0 Å². The minimum atomic E-state index is 0.397. The molecule has 3 heteroatoms. The first kappa shape index (κ1) is 14.9. The van der Waals surface area contributed by atoms with Crippen molar-refractivity contribution in [1.82, 2.24) is 15.3 Å². The van der Waals surface area contributed by atoms with E-state index in [2.05, 4.69) is 64.0 Å². The molecule has 1 fully saturated rings. The van der Waals surface area contributed by atoms with Gasteiger partial charge in [0.05, 0.1) is 0 Å². The summed E-state index contributed by atoms with van der Waals surface area (Å²) in [5, 5.41) is 2.06. The summed E-state index contributed by atoms with van der Waals surface area (Å²) in [6.45, 7) is 12.9. The first-order valence-corrected chi connectivity index (χ1v) is 7.02. The minimum Gasteiger partial charge on any atom is -0.291 e. The lowest BCUT2D eigenvalue weighted by atomic mass is 9.71. The Bertz CT molecular complexity index is 240. The monoisotopic (exact) mass is 241 g/mol. The van der Waals surface area contributed by atoms with Crippen molar-refractivity contribution < 1.29 is 0 Å². The molecule has 3 unspecified atom stereocenters. The van der Waals surface area contributed by atoms with Gasteiger partial charge in [-0.25, -0.2) is 0 Å². The van der Waals surface area contributed by atoms with Crippen LogP contribution in [0.15, 0.2) is 0 Å². The number of rotatable bonds is 6. The third kappa shape index (κ3) is 3.01. The van der Waals surface area contributed by atoms with Crippen LogP contribution in [0.4, 0.5) is 0 Å². The molecule has 102 valence electrons. The Morgan fingerprint density at radius 3 is 2.35 bits per heavy atom. The molecular formula is C14H31N3. The van der Waals surface area contributed by atoms with Crippen LogP contribution in [0.1, 0.15) is 47.5 Å². The van der Waals surface area contributed by atoms with Crippen LogP contribution in [0, 0.1) is 5.92 Å². The van der Waals surface area contributed by atoms with Crippen LogP contribution in [-0.2, 0) is 0 Å². The minimum absolute atomic E-state index is 0.397. The van der Waals surface area contributed by atoms with Gasteiger partial charge in [-0.2, -0.15) is 0 Å². The Balaban J connectivity index is 2.64. The van der Waals surface area contributed by atoms with Crippen molar-refractivity contribution in [1.29, 1.82) is 0 Å². The Morgan fingerprint density at radius 2 is 1.94 bits per heavy atom. The molecule has 1 heterocycles. The zero-order valence-electron chi connectivity index (χ0n) is 12.7. The van der Waals surface area contributed by atoms with Crippen molar-refractivity contribution in [2.24, 2.45) is 5.92 Å². The lowest BCUT2D eigenvalue weighted by Gasteiger charge is -2.62. The first-order chi connectivity index (χ1) is 7.82. The highest BCUT2D eigenvalue weighted by Gasteiger charge is 2.51. The maximum atomic E-state index is 3.42.